The Morgan fingerprint density at radius 3 is 2.83 bits per heavy atom. The molecule has 0 aliphatic rings. The van der Waals surface area contributed by atoms with E-state index in [9.17, 15) is 4.79 Å². The summed E-state index contributed by atoms with van der Waals surface area (Å²) in [5.41, 5.74) is 3.35. The third-order valence-corrected chi connectivity index (χ3v) is 1.89. The zero-order valence-electron chi connectivity index (χ0n) is 7.00. The fourth-order valence-corrected chi connectivity index (χ4v) is 0.838. The fourth-order valence-electron chi connectivity index (χ4n) is 0.584. The van der Waals surface area contributed by atoms with Crippen molar-refractivity contribution in [2.24, 2.45) is 0 Å². The van der Waals surface area contributed by atoms with Crippen LogP contribution in [-0.4, -0.2) is 22.1 Å². The molecule has 1 atom stereocenters. The van der Waals surface area contributed by atoms with Crippen molar-refractivity contribution < 1.29 is 14.7 Å². The smallest absolute Gasteiger partial charge is 0.220 e. The topological polar surface area (TPSA) is 58.6 Å². The maximum absolute atomic E-state index is 10.6. The Kier molecular flexibility index (Phi) is 6.31. The molecule has 12 heavy (non-hydrogen) atoms. The van der Waals surface area contributed by atoms with E-state index >= 15 is 0 Å². The summed E-state index contributed by atoms with van der Waals surface area (Å²) in [5, 5.41) is 9.07. The number of halogens is 1. The van der Waals surface area contributed by atoms with Gasteiger partial charge in [0.2, 0.25) is 3.79 Å². The number of rotatable bonds is 5. The molecule has 0 saturated carbocycles. The molecule has 0 aliphatic heterocycles. The van der Waals surface area contributed by atoms with E-state index in [0.717, 1.165) is 5.70 Å². The Morgan fingerprint density at radius 1 is 1.83 bits per heavy atom. The van der Waals surface area contributed by atoms with Gasteiger partial charge in [-0.3, -0.25) is 15.1 Å². The number of carbonyl (C=O) groups excluding carboxylic acids is 1. The molecule has 0 heterocycles. The lowest BCUT2D eigenvalue weighted by Crippen LogP contribution is -2.14. The summed E-state index contributed by atoms with van der Waals surface area (Å²) in [6.45, 7) is 1.79. The number of allylic oxidation sites excluding steroid dienone is 1. The first-order valence-corrected chi connectivity index (χ1v) is 4.49. The summed E-state index contributed by atoms with van der Waals surface area (Å²) in [6, 6.07) is 0. The summed E-state index contributed by atoms with van der Waals surface area (Å²) in [4.78, 5) is 15.2. The number of hydrogen-bond acceptors (Lipinski definition) is 4. The molecule has 0 radical (unpaired) electrons. The largest absolute Gasteiger partial charge is 0.384 e. The van der Waals surface area contributed by atoms with Crippen LogP contribution >= 0.6 is 22.6 Å². The van der Waals surface area contributed by atoms with Gasteiger partial charge in [0.05, 0.1) is 7.11 Å². The van der Waals surface area contributed by atoms with Crippen molar-refractivity contribution in [3.8, 4) is 0 Å². The van der Waals surface area contributed by atoms with E-state index in [-0.39, 0.29) is 3.79 Å². The van der Waals surface area contributed by atoms with Crippen LogP contribution in [0.25, 0.3) is 0 Å². The highest BCUT2D eigenvalue weighted by molar-refractivity contribution is 14.1. The maximum atomic E-state index is 10.6. The van der Waals surface area contributed by atoms with Crippen LogP contribution in [0, 0.1) is 0 Å². The average molecular weight is 285 g/mol. The number of nitrogens with one attached hydrogen (secondary N) is 1. The lowest BCUT2D eigenvalue weighted by molar-refractivity contribution is -0.116. The molecule has 0 aromatic rings. The second kappa shape index (κ2) is 6.38. The molecule has 0 saturated heterocycles. The van der Waals surface area contributed by atoms with E-state index in [4.69, 9.17) is 5.11 Å². The van der Waals surface area contributed by atoms with Crippen molar-refractivity contribution in [1.82, 2.24) is 5.48 Å². The lowest BCUT2D eigenvalue weighted by Gasteiger charge is -2.04. The minimum Gasteiger partial charge on any atom is -0.384 e. The van der Waals surface area contributed by atoms with Crippen LogP contribution in [-0.2, 0) is 9.63 Å². The van der Waals surface area contributed by atoms with Crippen molar-refractivity contribution in [3.05, 3.63) is 11.8 Å². The zero-order valence-corrected chi connectivity index (χ0v) is 9.16. The molecule has 0 rings (SSSR count). The molecule has 2 N–H and O–H groups in total. The quantitative estimate of drug-likeness (QED) is 0.445. The first-order valence-electron chi connectivity index (χ1n) is 3.41. The number of aliphatic hydroxyl groups excluding tert-OH is 1. The highest BCUT2D eigenvalue weighted by Gasteiger charge is 2.08. The van der Waals surface area contributed by atoms with Crippen LogP contribution in [0.15, 0.2) is 11.8 Å². The van der Waals surface area contributed by atoms with E-state index < -0.39 is 6.10 Å². The molecule has 1 unspecified atom stereocenters. The van der Waals surface area contributed by atoms with Crippen molar-refractivity contribution in [3.63, 3.8) is 0 Å². The molecule has 0 fully saturated rings. The van der Waals surface area contributed by atoms with Gasteiger partial charge in [0.25, 0.3) is 0 Å². The van der Waals surface area contributed by atoms with Gasteiger partial charge in [-0.15, -0.1) is 0 Å². The minimum atomic E-state index is -0.917. The number of hydroxylamine groups is 1. The van der Waals surface area contributed by atoms with E-state index in [1.807, 2.05) is 0 Å². The standard InChI is InChI=1S/C7H12INO3/c1-5(9-12-2)3-4-6(10)7(8)11/h3,6,9-10H,4H2,1-2H3/b5-3+. The molecule has 0 aromatic heterocycles. The van der Waals surface area contributed by atoms with E-state index in [2.05, 4.69) is 10.3 Å². The predicted molar refractivity (Wildman–Crippen MR) is 53.6 cm³/mol. The average Bonchev–Trinajstić information content (AvgIpc) is 2.00. The second-order valence-corrected chi connectivity index (χ2v) is 3.31. The molecule has 4 nitrogen and oxygen atoms in total. The minimum absolute atomic E-state index is 0.255. The molecular formula is C7H12INO3. The Bertz CT molecular complexity index is 181. The zero-order chi connectivity index (χ0) is 9.56. The third-order valence-electron chi connectivity index (χ3n) is 1.17. The Morgan fingerprint density at radius 2 is 2.42 bits per heavy atom. The Balaban J connectivity index is 3.78. The molecule has 0 aliphatic carbocycles. The normalized spacial score (nSPS) is 14.2. The third kappa shape index (κ3) is 5.50. The van der Waals surface area contributed by atoms with E-state index in [1.54, 1.807) is 35.6 Å². The van der Waals surface area contributed by atoms with E-state index in [0.29, 0.717) is 6.42 Å². The summed E-state index contributed by atoms with van der Waals surface area (Å²) < 4.78 is -0.255. The van der Waals surface area contributed by atoms with Crippen molar-refractivity contribution in [2.45, 2.75) is 19.4 Å². The molecular weight excluding hydrogens is 273 g/mol. The predicted octanol–water partition coefficient (Wildman–Crippen LogP) is 0.754. The summed E-state index contributed by atoms with van der Waals surface area (Å²) in [5.74, 6) is 0. The molecule has 0 aromatic carbocycles. The van der Waals surface area contributed by atoms with Gasteiger partial charge >= 0.3 is 0 Å². The molecule has 70 valence electrons. The summed E-state index contributed by atoms with van der Waals surface area (Å²) in [6.07, 6.45) is 1.09. The van der Waals surface area contributed by atoms with Crippen LogP contribution in [0.1, 0.15) is 13.3 Å². The van der Waals surface area contributed by atoms with Gasteiger partial charge in [-0.05, 0) is 6.92 Å². The van der Waals surface area contributed by atoms with Crippen molar-refractivity contribution in [2.75, 3.05) is 7.11 Å². The van der Waals surface area contributed by atoms with Crippen LogP contribution < -0.4 is 5.48 Å². The second-order valence-electron chi connectivity index (χ2n) is 2.25. The SMILES string of the molecule is CON/C(C)=C/CC(O)C(=O)I. The first kappa shape index (κ1) is 11.9. The van der Waals surface area contributed by atoms with Crippen molar-refractivity contribution in [1.29, 1.82) is 0 Å². The van der Waals surface area contributed by atoms with Gasteiger partial charge in [-0.2, -0.15) is 0 Å². The van der Waals surface area contributed by atoms with Crippen LogP contribution in [0.2, 0.25) is 0 Å². The maximum Gasteiger partial charge on any atom is 0.220 e. The number of hydrogen-bond donors (Lipinski definition) is 2. The summed E-state index contributed by atoms with van der Waals surface area (Å²) >= 11 is 1.57. The molecule has 0 amide bonds. The van der Waals surface area contributed by atoms with E-state index in [1.165, 1.54) is 7.11 Å². The molecule has 0 bridgehead atoms. The fraction of sp³-hybridized carbons (Fsp3) is 0.571. The Hall–Kier alpha value is -0.140. The van der Waals surface area contributed by atoms with Crippen molar-refractivity contribution >= 4 is 26.4 Å². The van der Waals surface area contributed by atoms with Crippen LogP contribution in [0.5, 0.6) is 0 Å². The van der Waals surface area contributed by atoms with Crippen LogP contribution in [0.4, 0.5) is 0 Å². The molecule has 5 heteroatoms. The van der Waals surface area contributed by atoms with Crippen LogP contribution in [0.3, 0.4) is 0 Å². The number of aliphatic hydroxyl groups is 1. The van der Waals surface area contributed by atoms with Gasteiger partial charge < -0.3 is 5.11 Å². The highest BCUT2D eigenvalue weighted by atomic mass is 127. The monoisotopic (exact) mass is 285 g/mol. The lowest BCUT2D eigenvalue weighted by atomic mass is 10.2. The van der Waals surface area contributed by atoms with Gasteiger partial charge in [0.1, 0.15) is 6.10 Å². The molecule has 0 spiro atoms. The van der Waals surface area contributed by atoms with Gasteiger partial charge in [0.15, 0.2) is 0 Å². The highest BCUT2D eigenvalue weighted by Crippen LogP contribution is 2.02. The van der Waals surface area contributed by atoms with Gasteiger partial charge in [0, 0.05) is 34.7 Å². The first-order chi connectivity index (χ1) is 5.57. The summed E-state index contributed by atoms with van der Waals surface area (Å²) in [7, 11) is 1.50. The van der Waals surface area contributed by atoms with Gasteiger partial charge in [-0.1, -0.05) is 6.08 Å². The van der Waals surface area contributed by atoms with Gasteiger partial charge in [-0.25, -0.2) is 0 Å². The Labute approximate surface area is 85.1 Å². The number of carbonyl (C=O) groups is 1.